The molecule has 0 aliphatic carbocycles. The van der Waals surface area contributed by atoms with Gasteiger partial charge in [-0.25, -0.2) is 0 Å². The molecule has 0 bridgehead atoms. The second-order valence-corrected chi connectivity index (χ2v) is 7.58. The van der Waals surface area contributed by atoms with Crippen molar-refractivity contribution in [1.82, 2.24) is 0 Å². The Morgan fingerprint density at radius 3 is 2.56 bits per heavy atom. The Balaban J connectivity index is 1.77. The number of nitrogens with zero attached hydrogens (tertiary/aromatic N) is 2. The van der Waals surface area contributed by atoms with Gasteiger partial charge in [-0.1, -0.05) is 23.8 Å². The maximum absolute atomic E-state index is 12.2. The molecule has 1 atom stereocenters. The van der Waals surface area contributed by atoms with Gasteiger partial charge in [0.25, 0.3) is 5.69 Å². The van der Waals surface area contributed by atoms with E-state index in [1.54, 1.807) is 12.1 Å². The van der Waals surface area contributed by atoms with Gasteiger partial charge in [-0.05, 0) is 56.2 Å². The number of carbonyl (C=O) groups excluding carboxylic acids is 1. The van der Waals surface area contributed by atoms with Crippen LogP contribution in [0.5, 0.6) is 0 Å². The highest BCUT2D eigenvalue weighted by atomic mass is 16.6. The normalized spacial score (nSPS) is 22.6. The fourth-order valence-electron chi connectivity index (χ4n) is 4.06. The zero-order chi connectivity index (χ0) is 19.4. The predicted molar refractivity (Wildman–Crippen MR) is 103 cm³/mol. The molecule has 0 spiro atoms. The number of hydrogen-bond acceptors (Lipinski definition) is 5. The number of carbonyl (C=O) groups is 1. The van der Waals surface area contributed by atoms with Crippen LogP contribution in [-0.2, 0) is 14.9 Å². The molecule has 2 aromatic carbocycles. The fourth-order valence-corrected chi connectivity index (χ4v) is 4.06. The molecule has 2 aliphatic heterocycles. The number of esters is 1. The van der Waals surface area contributed by atoms with Gasteiger partial charge in [0.1, 0.15) is 6.54 Å². The molecule has 0 amide bonds. The number of hydrogen-bond donors (Lipinski definition) is 0. The van der Waals surface area contributed by atoms with Crippen molar-refractivity contribution in [2.24, 2.45) is 0 Å². The van der Waals surface area contributed by atoms with Crippen LogP contribution in [0.4, 0.5) is 11.4 Å². The van der Waals surface area contributed by atoms with Crippen LogP contribution in [0.25, 0.3) is 6.08 Å². The molecule has 1 saturated heterocycles. The molecule has 0 N–H and O–H groups in total. The monoisotopic (exact) mass is 364 g/mol. The molecule has 1 unspecified atom stereocenters. The lowest BCUT2D eigenvalue weighted by atomic mass is 9.77. The number of aryl methyl sites for hydroxylation is 1. The summed E-state index contributed by atoms with van der Waals surface area (Å²) in [6.07, 6.45) is 3.75. The lowest BCUT2D eigenvalue weighted by molar-refractivity contribution is -0.384. The quantitative estimate of drug-likeness (QED) is 0.468. The van der Waals surface area contributed by atoms with Crippen molar-refractivity contribution in [1.29, 1.82) is 0 Å². The van der Waals surface area contributed by atoms with Gasteiger partial charge in [-0.2, -0.15) is 0 Å². The molecule has 0 saturated carbocycles. The summed E-state index contributed by atoms with van der Waals surface area (Å²) in [5.74, 6) is -0.261. The predicted octanol–water partition coefficient (Wildman–Crippen LogP) is 3.97. The Morgan fingerprint density at radius 1 is 1.19 bits per heavy atom. The summed E-state index contributed by atoms with van der Waals surface area (Å²) in [6.45, 7) is 6.39. The van der Waals surface area contributed by atoms with E-state index in [1.807, 2.05) is 36.1 Å². The van der Waals surface area contributed by atoms with Crippen LogP contribution in [0.1, 0.15) is 30.5 Å². The molecule has 6 heteroatoms. The van der Waals surface area contributed by atoms with E-state index in [-0.39, 0.29) is 18.2 Å². The number of nitro benzene ring substituents is 1. The Labute approximate surface area is 157 Å². The SMILES string of the molecule is Cc1ccc2c(c1)C(C)(C)C1(/C=C/c3ccc([N+](=O)[O-])cc3)OC(=O)CN21. The van der Waals surface area contributed by atoms with E-state index < -0.39 is 16.1 Å². The number of ether oxygens (including phenoxy) is 1. The molecule has 0 aromatic heterocycles. The zero-order valence-electron chi connectivity index (χ0n) is 15.4. The molecule has 138 valence electrons. The van der Waals surface area contributed by atoms with E-state index in [1.165, 1.54) is 12.1 Å². The van der Waals surface area contributed by atoms with Crippen LogP contribution in [0.2, 0.25) is 0 Å². The van der Waals surface area contributed by atoms with Gasteiger partial charge in [0, 0.05) is 17.8 Å². The van der Waals surface area contributed by atoms with Gasteiger partial charge in [0.2, 0.25) is 5.72 Å². The van der Waals surface area contributed by atoms with Crippen LogP contribution < -0.4 is 4.90 Å². The van der Waals surface area contributed by atoms with Crippen LogP contribution in [-0.4, -0.2) is 23.2 Å². The van der Waals surface area contributed by atoms with E-state index in [2.05, 4.69) is 19.9 Å². The first-order valence-electron chi connectivity index (χ1n) is 8.79. The summed E-state index contributed by atoms with van der Waals surface area (Å²) in [7, 11) is 0. The summed E-state index contributed by atoms with van der Waals surface area (Å²) >= 11 is 0. The molecule has 4 rings (SSSR count). The van der Waals surface area contributed by atoms with Crippen LogP contribution in [0.15, 0.2) is 48.5 Å². The molecule has 27 heavy (non-hydrogen) atoms. The number of nitro groups is 1. The molecule has 2 heterocycles. The van der Waals surface area contributed by atoms with Gasteiger partial charge < -0.3 is 9.64 Å². The number of anilines is 1. The Hall–Kier alpha value is -3.15. The molecule has 6 nitrogen and oxygen atoms in total. The van der Waals surface area contributed by atoms with E-state index >= 15 is 0 Å². The van der Waals surface area contributed by atoms with Crippen molar-refractivity contribution in [2.75, 3.05) is 11.4 Å². The number of fused-ring (bicyclic) bond motifs is 3. The topological polar surface area (TPSA) is 72.7 Å². The Bertz CT molecular complexity index is 978. The molecule has 2 aliphatic rings. The molecule has 0 radical (unpaired) electrons. The first-order valence-corrected chi connectivity index (χ1v) is 8.79. The molecular formula is C21H20N2O4. The van der Waals surface area contributed by atoms with Crippen LogP contribution in [0.3, 0.4) is 0 Å². The number of benzene rings is 2. The summed E-state index contributed by atoms with van der Waals surface area (Å²) in [5, 5.41) is 10.8. The van der Waals surface area contributed by atoms with Gasteiger partial charge in [0.15, 0.2) is 0 Å². The van der Waals surface area contributed by atoms with Crippen molar-refractivity contribution < 1.29 is 14.5 Å². The highest BCUT2D eigenvalue weighted by Gasteiger charge is 2.62. The van der Waals surface area contributed by atoms with Crippen LogP contribution in [0, 0.1) is 17.0 Å². The zero-order valence-corrected chi connectivity index (χ0v) is 15.4. The smallest absolute Gasteiger partial charge is 0.328 e. The van der Waals surface area contributed by atoms with Crippen molar-refractivity contribution in [3.63, 3.8) is 0 Å². The van der Waals surface area contributed by atoms with Crippen molar-refractivity contribution >= 4 is 23.4 Å². The van der Waals surface area contributed by atoms with Crippen LogP contribution >= 0.6 is 0 Å². The first-order chi connectivity index (χ1) is 12.7. The van der Waals surface area contributed by atoms with Gasteiger partial charge in [-0.3, -0.25) is 14.9 Å². The van der Waals surface area contributed by atoms with Gasteiger partial charge in [-0.15, -0.1) is 0 Å². The maximum atomic E-state index is 12.2. The second-order valence-electron chi connectivity index (χ2n) is 7.58. The first kappa shape index (κ1) is 17.3. The fraction of sp³-hybridized carbons (Fsp3) is 0.286. The highest BCUT2D eigenvalue weighted by molar-refractivity contribution is 5.86. The second kappa shape index (κ2) is 5.67. The Kier molecular flexibility index (Phi) is 3.63. The van der Waals surface area contributed by atoms with Crippen molar-refractivity contribution in [3.8, 4) is 0 Å². The maximum Gasteiger partial charge on any atom is 0.328 e. The number of rotatable bonds is 3. The lowest BCUT2D eigenvalue weighted by Gasteiger charge is -2.38. The molecule has 1 fully saturated rings. The number of non-ortho nitro benzene ring substituents is 1. The highest BCUT2D eigenvalue weighted by Crippen LogP contribution is 2.55. The summed E-state index contributed by atoms with van der Waals surface area (Å²) in [4.78, 5) is 24.6. The third-order valence-corrected chi connectivity index (χ3v) is 5.57. The third kappa shape index (κ3) is 2.44. The lowest BCUT2D eigenvalue weighted by Crippen LogP contribution is -2.51. The molecule has 2 aromatic rings. The van der Waals surface area contributed by atoms with Crippen molar-refractivity contribution in [3.05, 3.63) is 75.3 Å². The summed E-state index contributed by atoms with van der Waals surface area (Å²) < 4.78 is 5.89. The third-order valence-electron chi connectivity index (χ3n) is 5.57. The largest absolute Gasteiger partial charge is 0.433 e. The van der Waals surface area contributed by atoms with E-state index in [4.69, 9.17) is 4.74 Å². The van der Waals surface area contributed by atoms with Crippen molar-refractivity contribution in [2.45, 2.75) is 31.9 Å². The molecular weight excluding hydrogens is 344 g/mol. The van der Waals surface area contributed by atoms with Gasteiger partial charge in [0.05, 0.1) is 10.3 Å². The van der Waals surface area contributed by atoms with E-state index in [0.29, 0.717) is 0 Å². The van der Waals surface area contributed by atoms with Gasteiger partial charge >= 0.3 is 5.97 Å². The standard InChI is InChI=1S/C21H20N2O4/c1-14-4-9-18-17(12-14)20(2,3)21(22(18)13-19(24)27-21)11-10-15-5-7-16(8-6-15)23(25)26/h4-12H,13H2,1-3H3/b11-10+. The average molecular weight is 364 g/mol. The minimum atomic E-state index is -0.915. The van der Waals surface area contributed by atoms with E-state index in [0.717, 1.165) is 22.4 Å². The summed E-state index contributed by atoms with van der Waals surface area (Å²) in [5.41, 5.74) is 2.79. The minimum Gasteiger partial charge on any atom is -0.433 e. The van der Waals surface area contributed by atoms with E-state index in [9.17, 15) is 14.9 Å². The minimum absolute atomic E-state index is 0.0447. The Morgan fingerprint density at radius 2 is 1.89 bits per heavy atom. The average Bonchev–Trinajstić information content (AvgIpc) is 3.05. The summed E-state index contributed by atoms with van der Waals surface area (Å²) in [6, 6.07) is 12.5.